The van der Waals surface area contributed by atoms with Gasteiger partial charge in [0.05, 0.1) is 31.6 Å². The Balaban J connectivity index is 1.72. The number of anilines is 2. The monoisotopic (exact) mass is 447 g/mol. The van der Waals surface area contributed by atoms with E-state index in [1.807, 2.05) is 54.4 Å². The summed E-state index contributed by atoms with van der Waals surface area (Å²) in [7, 11) is 5.01. The molecular formula is C26H29N3O4. The van der Waals surface area contributed by atoms with Crippen LogP contribution in [0.4, 0.5) is 11.4 Å². The van der Waals surface area contributed by atoms with Crippen LogP contribution in [0, 0.1) is 0 Å². The third-order valence-electron chi connectivity index (χ3n) is 5.09. The first-order valence-electron chi connectivity index (χ1n) is 10.6. The topological polar surface area (TPSA) is 79.9 Å². The van der Waals surface area contributed by atoms with E-state index in [0.29, 0.717) is 35.8 Å². The van der Waals surface area contributed by atoms with Crippen molar-refractivity contribution >= 4 is 23.2 Å². The zero-order chi connectivity index (χ0) is 23.6. The van der Waals surface area contributed by atoms with Gasteiger partial charge >= 0.3 is 0 Å². The van der Waals surface area contributed by atoms with E-state index >= 15 is 0 Å². The first kappa shape index (κ1) is 24.0. The van der Waals surface area contributed by atoms with Crippen LogP contribution in [0.25, 0.3) is 11.1 Å². The van der Waals surface area contributed by atoms with Crippen LogP contribution in [0.1, 0.15) is 10.4 Å². The maximum Gasteiger partial charge on any atom is 0.255 e. The van der Waals surface area contributed by atoms with Crippen molar-refractivity contribution in [1.82, 2.24) is 4.90 Å². The average Bonchev–Trinajstić information content (AvgIpc) is 2.84. The molecule has 0 aliphatic rings. The molecule has 0 unspecified atom stereocenters. The van der Waals surface area contributed by atoms with E-state index in [9.17, 15) is 9.59 Å². The van der Waals surface area contributed by atoms with Crippen molar-refractivity contribution in [3.8, 4) is 16.9 Å². The first-order valence-corrected chi connectivity index (χ1v) is 10.6. The molecule has 0 saturated heterocycles. The molecule has 0 aliphatic carbocycles. The molecule has 172 valence electrons. The molecule has 0 spiro atoms. The van der Waals surface area contributed by atoms with Gasteiger partial charge in [0.15, 0.2) is 0 Å². The summed E-state index contributed by atoms with van der Waals surface area (Å²) in [5.41, 5.74) is 3.58. The fourth-order valence-electron chi connectivity index (χ4n) is 3.26. The van der Waals surface area contributed by atoms with Gasteiger partial charge in [-0.05, 0) is 42.4 Å². The third-order valence-corrected chi connectivity index (χ3v) is 5.09. The van der Waals surface area contributed by atoms with Crippen LogP contribution in [0.5, 0.6) is 5.75 Å². The predicted octanol–water partition coefficient (Wildman–Crippen LogP) is 4.13. The van der Waals surface area contributed by atoms with Gasteiger partial charge in [-0.2, -0.15) is 0 Å². The van der Waals surface area contributed by atoms with Gasteiger partial charge in [-0.25, -0.2) is 0 Å². The van der Waals surface area contributed by atoms with Crippen LogP contribution in [0.15, 0.2) is 72.8 Å². The van der Waals surface area contributed by atoms with E-state index < -0.39 is 0 Å². The fourth-order valence-corrected chi connectivity index (χ4v) is 3.26. The first-order chi connectivity index (χ1) is 16.0. The van der Waals surface area contributed by atoms with Gasteiger partial charge in [-0.3, -0.25) is 14.5 Å². The van der Waals surface area contributed by atoms with Gasteiger partial charge in [-0.15, -0.1) is 0 Å². The van der Waals surface area contributed by atoms with Crippen LogP contribution in [-0.4, -0.2) is 57.7 Å². The lowest BCUT2D eigenvalue weighted by Gasteiger charge is -2.17. The van der Waals surface area contributed by atoms with Crippen LogP contribution in [0.2, 0.25) is 0 Å². The van der Waals surface area contributed by atoms with E-state index in [-0.39, 0.29) is 18.4 Å². The minimum Gasteiger partial charge on any atom is -0.497 e. The fraction of sp³-hybridized carbons (Fsp3) is 0.231. The normalized spacial score (nSPS) is 10.7. The molecule has 33 heavy (non-hydrogen) atoms. The van der Waals surface area contributed by atoms with Crippen molar-refractivity contribution in [2.75, 3.05) is 51.6 Å². The van der Waals surface area contributed by atoms with Gasteiger partial charge in [0.2, 0.25) is 5.91 Å². The molecule has 3 aromatic rings. The maximum absolute atomic E-state index is 12.9. The van der Waals surface area contributed by atoms with Gasteiger partial charge in [0.1, 0.15) is 5.75 Å². The standard InChI is InChI=1S/C26H29N3O4/c1-29(15-16-32-2)18-25(30)27-24-17-22(33-3)13-14-23(24)28-26(31)21-11-9-20(10-12-21)19-7-5-4-6-8-19/h4-14,17H,15-16,18H2,1-3H3,(H,27,30)(H,28,31). The molecule has 7 heteroatoms. The summed E-state index contributed by atoms with van der Waals surface area (Å²) in [5, 5.41) is 5.75. The number of rotatable bonds is 10. The van der Waals surface area contributed by atoms with E-state index in [4.69, 9.17) is 9.47 Å². The van der Waals surface area contributed by atoms with Crippen molar-refractivity contribution in [1.29, 1.82) is 0 Å². The molecule has 0 aromatic heterocycles. The highest BCUT2D eigenvalue weighted by atomic mass is 16.5. The van der Waals surface area contributed by atoms with Gasteiger partial charge in [-0.1, -0.05) is 42.5 Å². The molecular weight excluding hydrogens is 418 g/mol. The van der Waals surface area contributed by atoms with E-state index in [2.05, 4.69) is 10.6 Å². The summed E-state index contributed by atoms with van der Waals surface area (Å²) in [4.78, 5) is 27.2. The van der Waals surface area contributed by atoms with Crippen molar-refractivity contribution in [2.24, 2.45) is 0 Å². The van der Waals surface area contributed by atoms with Gasteiger partial charge < -0.3 is 20.1 Å². The number of hydrogen-bond acceptors (Lipinski definition) is 5. The molecule has 3 rings (SSSR count). The molecule has 0 bridgehead atoms. The molecule has 7 nitrogen and oxygen atoms in total. The van der Waals surface area contributed by atoms with Crippen LogP contribution < -0.4 is 15.4 Å². The molecule has 2 N–H and O–H groups in total. The second kappa shape index (κ2) is 11.8. The van der Waals surface area contributed by atoms with Gasteiger partial charge in [0, 0.05) is 25.3 Å². The van der Waals surface area contributed by atoms with Crippen molar-refractivity contribution in [3.05, 3.63) is 78.4 Å². The number of nitrogens with one attached hydrogen (secondary N) is 2. The summed E-state index contributed by atoms with van der Waals surface area (Å²) >= 11 is 0. The molecule has 3 aromatic carbocycles. The minimum atomic E-state index is -0.271. The van der Waals surface area contributed by atoms with Crippen molar-refractivity contribution < 1.29 is 19.1 Å². The lowest BCUT2D eigenvalue weighted by molar-refractivity contribution is -0.117. The summed E-state index contributed by atoms with van der Waals surface area (Å²) in [6.45, 7) is 1.35. The molecule has 0 heterocycles. The van der Waals surface area contributed by atoms with Crippen molar-refractivity contribution in [3.63, 3.8) is 0 Å². The Labute approximate surface area is 194 Å². The SMILES string of the molecule is COCCN(C)CC(=O)Nc1cc(OC)ccc1NC(=O)c1ccc(-c2ccccc2)cc1. The lowest BCUT2D eigenvalue weighted by atomic mass is 10.0. The molecule has 0 atom stereocenters. The highest BCUT2D eigenvalue weighted by Gasteiger charge is 2.14. The summed E-state index contributed by atoms with van der Waals surface area (Å²) in [6.07, 6.45) is 0. The Morgan fingerprint density at radius 3 is 2.21 bits per heavy atom. The number of nitrogens with zero attached hydrogens (tertiary/aromatic N) is 1. The smallest absolute Gasteiger partial charge is 0.255 e. The number of hydrogen-bond donors (Lipinski definition) is 2. The predicted molar refractivity (Wildman–Crippen MR) is 131 cm³/mol. The third kappa shape index (κ3) is 6.90. The van der Waals surface area contributed by atoms with E-state index in [1.165, 1.54) is 0 Å². The number of amides is 2. The summed E-state index contributed by atoms with van der Waals surface area (Å²) < 4.78 is 10.3. The van der Waals surface area contributed by atoms with E-state index in [0.717, 1.165) is 11.1 Å². The number of carbonyl (C=O) groups excluding carboxylic acids is 2. The molecule has 0 fully saturated rings. The maximum atomic E-state index is 12.9. The highest BCUT2D eigenvalue weighted by molar-refractivity contribution is 6.07. The summed E-state index contributed by atoms with van der Waals surface area (Å²) in [6, 6.07) is 22.5. The largest absolute Gasteiger partial charge is 0.497 e. The average molecular weight is 448 g/mol. The van der Waals surface area contributed by atoms with Crippen LogP contribution in [-0.2, 0) is 9.53 Å². The Bertz CT molecular complexity index is 1070. The zero-order valence-corrected chi connectivity index (χ0v) is 19.1. The second-order valence-electron chi connectivity index (χ2n) is 7.59. The quantitative estimate of drug-likeness (QED) is 0.489. The Morgan fingerprint density at radius 2 is 1.55 bits per heavy atom. The van der Waals surface area contributed by atoms with Crippen molar-refractivity contribution in [2.45, 2.75) is 0 Å². The Hall–Kier alpha value is -3.68. The number of benzene rings is 3. The molecule has 0 radical (unpaired) electrons. The zero-order valence-electron chi connectivity index (χ0n) is 19.1. The second-order valence-corrected chi connectivity index (χ2v) is 7.59. The number of carbonyl (C=O) groups is 2. The summed E-state index contributed by atoms with van der Waals surface area (Å²) in [5.74, 6) is 0.0975. The highest BCUT2D eigenvalue weighted by Crippen LogP contribution is 2.28. The van der Waals surface area contributed by atoms with Crippen LogP contribution >= 0.6 is 0 Å². The van der Waals surface area contributed by atoms with Crippen LogP contribution in [0.3, 0.4) is 0 Å². The Morgan fingerprint density at radius 1 is 0.848 bits per heavy atom. The molecule has 0 saturated carbocycles. The van der Waals surface area contributed by atoms with Gasteiger partial charge in [0.25, 0.3) is 5.91 Å². The Kier molecular flexibility index (Phi) is 8.57. The minimum absolute atomic E-state index is 0.189. The number of ether oxygens (including phenoxy) is 2. The number of methoxy groups -OCH3 is 2. The number of likely N-dealkylation sites (N-methyl/N-ethyl adjacent to an activating group) is 1. The lowest BCUT2D eigenvalue weighted by Crippen LogP contribution is -2.32. The molecule has 2 amide bonds. The molecule has 0 aliphatic heterocycles. The van der Waals surface area contributed by atoms with E-state index in [1.54, 1.807) is 44.6 Å².